The first kappa shape index (κ1) is 14.2. The molecule has 2 N–H and O–H groups in total. The Kier molecular flexibility index (Phi) is 4.32. The molecule has 0 bridgehead atoms. The highest BCUT2D eigenvalue weighted by atomic mass is 35.5. The van der Waals surface area contributed by atoms with Crippen LogP contribution in [-0.2, 0) is 16.0 Å². The zero-order valence-electron chi connectivity index (χ0n) is 10.2. The summed E-state index contributed by atoms with van der Waals surface area (Å²) in [5.41, 5.74) is 6.15. The van der Waals surface area contributed by atoms with Crippen molar-refractivity contribution in [2.24, 2.45) is 11.7 Å². The molecule has 1 fully saturated rings. The topological polar surface area (TPSA) is 63.4 Å². The number of primary amides is 1. The van der Waals surface area contributed by atoms with E-state index in [1.807, 2.05) is 6.07 Å². The van der Waals surface area contributed by atoms with Gasteiger partial charge in [0.2, 0.25) is 11.8 Å². The van der Waals surface area contributed by atoms with Crippen LogP contribution in [0.3, 0.4) is 0 Å². The Hall–Kier alpha value is -1.26. The molecule has 1 aliphatic heterocycles. The quantitative estimate of drug-likeness (QED) is 0.922. The third kappa shape index (κ3) is 3.39. The predicted octanol–water partition coefficient (Wildman–Crippen LogP) is 1.87. The second-order valence-electron chi connectivity index (χ2n) is 4.63. The van der Waals surface area contributed by atoms with Gasteiger partial charge in [-0.1, -0.05) is 29.3 Å². The number of hydrogen-bond acceptors (Lipinski definition) is 2. The maximum Gasteiger partial charge on any atom is 0.223 e. The summed E-state index contributed by atoms with van der Waals surface area (Å²) in [6.45, 7) is 0.934. The lowest BCUT2D eigenvalue weighted by atomic mass is 10.1. The van der Waals surface area contributed by atoms with Crippen LogP contribution < -0.4 is 5.73 Å². The molecule has 0 aromatic heterocycles. The maximum absolute atomic E-state index is 11.7. The average Bonchev–Trinajstić information content (AvgIpc) is 2.70. The minimum absolute atomic E-state index is 0.0334. The Morgan fingerprint density at radius 2 is 2.16 bits per heavy atom. The van der Waals surface area contributed by atoms with Crippen LogP contribution in [0.5, 0.6) is 0 Å². The van der Waals surface area contributed by atoms with Gasteiger partial charge < -0.3 is 10.6 Å². The lowest BCUT2D eigenvalue weighted by Crippen LogP contribution is -2.30. The highest BCUT2D eigenvalue weighted by Crippen LogP contribution is 2.23. The van der Waals surface area contributed by atoms with Crippen molar-refractivity contribution in [2.75, 3.05) is 13.1 Å². The predicted molar refractivity (Wildman–Crippen MR) is 74.0 cm³/mol. The van der Waals surface area contributed by atoms with Gasteiger partial charge in [-0.15, -0.1) is 0 Å². The van der Waals surface area contributed by atoms with Gasteiger partial charge >= 0.3 is 0 Å². The van der Waals surface area contributed by atoms with Crippen molar-refractivity contribution in [3.8, 4) is 0 Å². The monoisotopic (exact) mass is 300 g/mol. The second kappa shape index (κ2) is 5.80. The van der Waals surface area contributed by atoms with Gasteiger partial charge in [-0.2, -0.15) is 0 Å². The van der Waals surface area contributed by atoms with Gasteiger partial charge in [-0.05, 0) is 24.1 Å². The summed E-state index contributed by atoms with van der Waals surface area (Å²) < 4.78 is 0. The van der Waals surface area contributed by atoms with Crippen LogP contribution in [0, 0.1) is 5.92 Å². The molecule has 102 valence electrons. The Morgan fingerprint density at radius 1 is 1.42 bits per heavy atom. The Bertz CT molecular complexity index is 519. The second-order valence-corrected chi connectivity index (χ2v) is 5.47. The summed E-state index contributed by atoms with van der Waals surface area (Å²) >= 11 is 11.9. The summed E-state index contributed by atoms with van der Waals surface area (Å²) in [5, 5.41) is 1.17. The lowest BCUT2D eigenvalue weighted by molar-refractivity contribution is -0.128. The van der Waals surface area contributed by atoms with Crippen molar-refractivity contribution < 1.29 is 9.59 Å². The van der Waals surface area contributed by atoms with E-state index in [0.29, 0.717) is 29.6 Å². The van der Waals surface area contributed by atoms with Crippen molar-refractivity contribution in [3.05, 3.63) is 33.8 Å². The molecule has 1 saturated heterocycles. The molecule has 1 atom stereocenters. The molecule has 1 aliphatic rings. The number of benzene rings is 1. The third-order valence-corrected chi connectivity index (χ3v) is 3.87. The van der Waals surface area contributed by atoms with E-state index in [9.17, 15) is 9.59 Å². The SMILES string of the molecule is NC(=O)C1CC(=O)N(CCc2ccc(Cl)cc2Cl)C1. The van der Waals surface area contributed by atoms with Crippen molar-refractivity contribution in [1.29, 1.82) is 0 Å². The summed E-state index contributed by atoms with van der Waals surface area (Å²) in [6.07, 6.45) is 0.844. The van der Waals surface area contributed by atoms with Gasteiger partial charge in [0.05, 0.1) is 5.92 Å². The molecule has 1 unspecified atom stereocenters. The first-order chi connectivity index (χ1) is 8.97. The van der Waals surface area contributed by atoms with Crippen LogP contribution in [0.1, 0.15) is 12.0 Å². The van der Waals surface area contributed by atoms with Crippen molar-refractivity contribution >= 4 is 35.0 Å². The fourth-order valence-corrected chi connectivity index (χ4v) is 2.66. The van der Waals surface area contributed by atoms with Gasteiger partial charge in [0.15, 0.2) is 0 Å². The largest absolute Gasteiger partial charge is 0.369 e. The van der Waals surface area contributed by atoms with Crippen LogP contribution in [0.4, 0.5) is 0 Å². The zero-order chi connectivity index (χ0) is 14.0. The molecule has 0 spiro atoms. The Balaban J connectivity index is 1.96. The van der Waals surface area contributed by atoms with Gasteiger partial charge in [-0.25, -0.2) is 0 Å². The molecule has 2 amide bonds. The number of likely N-dealkylation sites (tertiary alicyclic amines) is 1. The molecule has 6 heteroatoms. The fourth-order valence-electron chi connectivity index (χ4n) is 2.16. The minimum Gasteiger partial charge on any atom is -0.369 e. The molecule has 1 heterocycles. The highest BCUT2D eigenvalue weighted by molar-refractivity contribution is 6.35. The molecule has 0 radical (unpaired) electrons. The standard InChI is InChI=1S/C13H14Cl2N2O2/c14-10-2-1-8(11(15)6-10)3-4-17-7-9(13(16)19)5-12(17)18/h1-2,6,9H,3-5,7H2,(H2,16,19). The van der Waals surface area contributed by atoms with E-state index in [1.54, 1.807) is 17.0 Å². The van der Waals surface area contributed by atoms with Crippen LogP contribution in [-0.4, -0.2) is 29.8 Å². The van der Waals surface area contributed by atoms with Crippen molar-refractivity contribution in [3.63, 3.8) is 0 Å². The normalized spacial score (nSPS) is 18.9. The minimum atomic E-state index is -0.416. The average molecular weight is 301 g/mol. The van der Waals surface area contributed by atoms with Crippen molar-refractivity contribution in [2.45, 2.75) is 12.8 Å². The summed E-state index contributed by atoms with van der Waals surface area (Å²) in [7, 11) is 0. The number of carbonyl (C=O) groups excluding carboxylic acids is 2. The molecular formula is C13H14Cl2N2O2. The Morgan fingerprint density at radius 3 is 2.74 bits per heavy atom. The van der Waals surface area contributed by atoms with E-state index in [0.717, 1.165) is 5.56 Å². The molecule has 4 nitrogen and oxygen atoms in total. The van der Waals surface area contributed by atoms with Crippen LogP contribution in [0.2, 0.25) is 10.0 Å². The summed E-state index contributed by atoms with van der Waals surface area (Å²) in [4.78, 5) is 24.4. The Labute approximate surface area is 121 Å². The number of hydrogen-bond donors (Lipinski definition) is 1. The number of nitrogens with two attached hydrogens (primary N) is 1. The van der Waals surface area contributed by atoms with Crippen LogP contribution in [0.25, 0.3) is 0 Å². The first-order valence-electron chi connectivity index (χ1n) is 5.98. The number of rotatable bonds is 4. The maximum atomic E-state index is 11.7. The van der Waals surface area contributed by atoms with E-state index in [2.05, 4.69) is 0 Å². The fraction of sp³-hybridized carbons (Fsp3) is 0.385. The number of halogens is 2. The van der Waals surface area contributed by atoms with E-state index in [-0.39, 0.29) is 18.2 Å². The lowest BCUT2D eigenvalue weighted by Gasteiger charge is -2.16. The highest BCUT2D eigenvalue weighted by Gasteiger charge is 2.32. The van der Waals surface area contributed by atoms with Gasteiger partial charge in [0.25, 0.3) is 0 Å². The number of nitrogens with zero attached hydrogens (tertiary/aromatic N) is 1. The van der Waals surface area contributed by atoms with Gasteiger partial charge in [0.1, 0.15) is 0 Å². The van der Waals surface area contributed by atoms with E-state index in [1.165, 1.54) is 0 Å². The van der Waals surface area contributed by atoms with Crippen molar-refractivity contribution in [1.82, 2.24) is 4.90 Å². The molecule has 2 rings (SSSR count). The smallest absolute Gasteiger partial charge is 0.223 e. The third-order valence-electron chi connectivity index (χ3n) is 3.28. The molecule has 0 saturated carbocycles. The zero-order valence-corrected chi connectivity index (χ0v) is 11.7. The van der Waals surface area contributed by atoms with E-state index < -0.39 is 5.91 Å². The van der Waals surface area contributed by atoms with Gasteiger partial charge in [0, 0.05) is 29.6 Å². The van der Waals surface area contributed by atoms with E-state index in [4.69, 9.17) is 28.9 Å². The van der Waals surface area contributed by atoms with E-state index >= 15 is 0 Å². The number of amides is 2. The molecule has 1 aromatic rings. The molecule has 0 aliphatic carbocycles. The van der Waals surface area contributed by atoms with Crippen LogP contribution >= 0.6 is 23.2 Å². The summed E-state index contributed by atoms with van der Waals surface area (Å²) in [6, 6.07) is 5.29. The summed E-state index contributed by atoms with van der Waals surface area (Å²) in [5.74, 6) is -0.817. The molecule has 1 aromatic carbocycles. The molecular weight excluding hydrogens is 287 g/mol. The van der Waals surface area contributed by atoms with Crippen LogP contribution in [0.15, 0.2) is 18.2 Å². The van der Waals surface area contributed by atoms with Gasteiger partial charge in [-0.3, -0.25) is 9.59 Å². The molecule has 19 heavy (non-hydrogen) atoms. The first-order valence-corrected chi connectivity index (χ1v) is 6.74. The number of carbonyl (C=O) groups is 2.